The van der Waals surface area contributed by atoms with E-state index in [0.717, 1.165) is 11.3 Å². The zero-order valence-corrected chi connectivity index (χ0v) is 8.09. The lowest BCUT2D eigenvalue weighted by Gasteiger charge is -2.00. The molecule has 0 aromatic heterocycles. The van der Waals surface area contributed by atoms with Crippen molar-refractivity contribution in [1.82, 2.24) is 0 Å². The minimum atomic E-state index is -0.957. The molecule has 1 heterocycles. The summed E-state index contributed by atoms with van der Waals surface area (Å²) in [5, 5.41) is 12.5. The molecule has 1 atom stereocenters. The Bertz CT molecular complexity index is 386. The molecule has 1 aliphatic rings. The van der Waals surface area contributed by atoms with E-state index in [-0.39, 0.29) is 0 Å². The summed E-state index contributed by atoms with van der Waals surface area (Å²) in [4.78, 5) is 15.4. The maximum atomic E-state index is 10.6. The van der Waals surface area contributed by atoms with E-state index < -0.39 is 12.1 Å². The quantitative estimate of drug-likeness (QED) is 0.812. The molecule has 4 nitrogen and oxygen atoms in total. The van der Waals surface area contributed by atoms with E-state index in [9.17, 15) is 4.79 Å². The van der Waals surface area contributed by atoms with Gasteiger partial charge in [-0.25, -0.2) is 4.79 Å². The van der Waals surface area contributed by atoms with Crippen molar-refractivity contribution >= 4 is 11.7 Å². The summed E-state index contributed by atoms with van der Waals surface area (Å²) in [5.41, 5.74) is 1.90. The molecule has 2 rings (SSSR count). The van der Waals surface area contributed by atoms with Crippen LogP contribution in [0.4, 0.5) is 0 Å². The van der Waals surface area contributed by atoms with Gasteiger partial charge in [-0.05, 0) is 5.56 Å². The summed E-state index contributed by atoms with van der Waals surface area (Å²) in [5.74, 6) is -0.957. The van der Waals surface area contributed by atoms with Gasteiger partial charge in [-0.3, -0.25) is 0 Å². The van der Waals surface area contributed by atoms with Crippen LogP contribution in [0.25, 0.3) is 0 Å². The summed E-state index contributed by atoms with van der Waals surface area (Å²) >= 11 is 0. The van der Waals surface area contributed by atoms with Crippen LogP contribution in [0.5, 0.6) is 0 Å². The zero-order valence-electron chi connectivity index (χ0n) is 8.09. The molecule has 4 heteroatoms. The SMILES string of the molecule is O=C(O)[C@@H]1CC(Cc2ccccc2)=NO1. The fourth-order valence-corrected chi connectivity index (χ4v) is 1.50. The van der Waals surface area contributed by atoms with Crippen molar-refractivity contribution in [2.75, 3.05) is 0 Å². The van der Waals surface area contributed by atoms with Crippen molar-refractivity contribution in [1.29, 1.82) is 0 Å². The fraction of sp³-hybridized carbons (Fsp3) is 0.273. The van der Waals surface area contributed by atoms with E-state index in [4.69, 9.17) is 9.94 Å². The van der Waals surface area contributed by atoms with Crippen LogP contribution in [0.1, 0.15) is 12.0 Å². The number of rotatable bonds is 3. The Morgan fingerprint density at radius 3 is 2.80 bits per heavy atom. The number of carboxylic acids is 1. The van der Waals surface area contributed by atoms with Crippen LogP contribution in [-0.2, 0) is 16.1 Å². The van der Waals surface area contributed by atoms with Crippen LogP contribution >= 0.6 is 0 Å². The maximum absolute atomic E-state index is 10.6. The van der Waals surface area contributed by atoms with Crippen LogP contribution in [0.3, 0.4) is 0 Å². The highest BCUT2D eigenvalue weighted by molar-refractivity contribution is 5.91. The number of carbonyl (C=O) groups is 1. The number of nitrogens with zero attached hydrogens (tertiary/aromatic N) is 1. The summed E-state index contributed by atoms with van der Waals surface area (Å²) in [6.45, 7) is 0. The molecular formula is C11H11NO3. The van der Waals surface area contributed by atoms with Gasteiger partial charge in [0.2, 0.25) is 6.10 Å². The lowest BCUT2D eigenvalue weighted by atomic mass is 10.0. The fourth-order valence-electron chi connectivity index (χ4n) is 1.50. The first kappa shape index (κ1) is 9.71. The van der Waals surface area contributed by atoms with Gasteiger partial charge < -0.3 is 9.94 Å². The first-order valence-corrected chi connectivity index (χ1v) is 4.74. The Morgan fingerprint density at radius 1 is 1.47 bits per heavy atom. The predicted octanol–water partition coefficient (Wildman–Crippen LogP) is 1.46. The predicted molar refractivity (Wildman–Crippen MR) is 54.7 cm³/mol. The first-order chi connectivity index (χ1) is 7.25. The summed E-state index contributed by atoms with van der Waals surface area (Å²) in [6.07, 6.45) is 0.234. The molecule has 0 spiro atoms. The molecule has 0 bridgehead atoms. The molecule has 0 saturated carbocycles. The normalized spacial score (nSPS) is 19.5. The van der Waals surface area contributed by atoms with Crippen LogP contribution in [-0.4, -0.2) is 22.9 Å². The minimum Gasteiger partial charge on any atom is -0.478 e. The van der Waals surface area contributed by atoms with E-state index in [1.165, 1.54) is 0 Å². The number of hydrogen-bond acceptors (Lipinski definition) is 3. The van der Waals surface area contributed by atoms with Gasteiger partial charge in [-0.1, -0.05) is 35.5 Å². The van der Waals surface area contributed by atoms with Crippen LogP contribution in [0, 0.1) is 0 Å². The minimum absolute atomic E-state index is 0.379. The molecule has 0 amide bonds. The first-order valence-electron chi connectivity index (χ1n) is 4.74. The number of aliphatic carboxylic acids is 1. The number of benzene rings is 1. The van der Waals surface area contributed by atoms with Crippen molar-refractivity contribution in [3.8, 4) is 0 Å². The van der Waals surface area contributed by atoms with Crippen molar-refractivity contribution in [2.24, 2.45) is 5.16 Å². The third-order valence-electron chi connectivity index (χ3n) is 2.26. The summed E-state index contributed by atoms with van der Waals surface area (Å²) in [6, 6.07) is 9.80. The second-order valence-electron chi connectivity index (χ2n) is 3.46. The Labute approximate surface area is 87.2 Å². The van der Waals surface area contributed by atoms with E-state index in [0.29, 0.717) is 12.8 Å². The number of carboxylic acid groups (broad SMARTS) is 1. The highest BCUT2D eigenvalue weighted by Gasteiger charge is 2.27. The van der Waals surface area contributed by atoms with E-state index >= 15 is 0 Å². The third kappa shape index (κ3) is 2.34. The number of oxime groups is 1. The Morgan fingerprint density at radius 2 is 2.20 bits per heavy atom. The van der Waals surface area contributed by atoms with Crippen LogP contribution in [0.15, 0.2) is 35.5 Å². The molecule has 0 radical (unpaired) electrons. The van der Waals surface area contributed by atoms with Gasteiger partial charge in [-0.2, -0.15) is 0 Å². The van der Waals surface area contributed by atoms with Crippen LogP contribution in [0.2, 0.25) is 0 Å². The van der Waals surface area contributed by atoms with Gasteiger partial charge in [0, 0.05) is 12.8 Å². The molecule has 0 saturated heterocycles. The van der Waals surface area contributed by atoms with E-state index in [1.54, 1.807) is 0 Å². The largest absolute Gasteiger partial charge is 0.478 e. The molecule has 1 aromatic carbocycles. The van der Waals surface area contributed by atoms with Gasteiger partial charge in [0.15, 0.2) is 0 Å². The second kappa shape index (κ2) is 4.13. The van der Waals surface area contributed by atoms with Crippen molar-refractivity contribution in [2.45, 2.75) is 18.9 Å². The average Bonchev–Trinajstić information content (AvgIpc) is 2.68. The van der Waals surface area contributed by atoms with Gasteiger partial charge in [0.25, 0.3) is 0 Å². The van der Waals surface area contributed by atoms with Crippen molar-refractivity contribution in [3.05, 3.63) is 35.9 Å². The smallest absolute Gasteiger partial charge is 0.348 e. The van der Waals surface area contributed by atoms with Crippen molar-refractivity contribution in [3.63, 3.8) is 0 Å². The monoisotopic (exact) mass is 205 g/mol. The lowest BCUT2D eigenvalue weighted by molar-refractivity contribution is -0.148. The van der Waals surface area contributed by atoms with Gasteiger partial charge in [0.05, 0.1) is 5.71 Å². The molecule has 1 aromatic rings. The second-order valence-corrected chi connectivity index (χ2v) is 3.46. The van der Waals surface area contributed by atoms with Gasteiger partial charge in [0.1, 0.15) is 0 Å². The molecule has 0 unspecified atom stereocenters. The molecular weight excluding hydrogens is 194 g/mol. The van der Waals surface area contributed by atoms with Gasteiger partial charge in [-0.15, -0.1) is 0 Å². The molecule has 15 heavy (non-hydrogen) atoms. The molecule has 1 aliphatic heterocycles. The maximum Gasteiger partial charge on any atom is 0.348 e. The Kier molecular flexibility index (Phi) is 2.67. The molecule has 0 aliphatic carbocycles. The molecule has 0 fully saturated rings. The molecule has 1 N–H and O–H groups in total. The topological polar surface area (TPSA) is 58.9 Å². The number of hydrogen-bond donors (Lipinski definition) is 1. The standard InChI is InChI=1S/C11H11NO3/c13-11(14)10-7-9(12-15-10)6-8-4-2-1-3-5-8/h1-5,10H,6-7H2,(H,13,14)/t10-/m0/s1. The van der Waals surface area contributed by atoms with Crippen LogP contribution < -0.4 is 0 Å². The van der Waals surface area contributed by atoms with E-state index in [1.807, 2.05) is 30.3 Å². The Hall–Kier alpha value is -1.84. The van der Waals surface area contributed by atoms with Gasteiger partial charge >= 0.3 is 5.97 Å². The van der Waals surface area contributed by atoms with Crippen molar-refractivity contribution < 1.29 is 14.7 Å². The zero-order chi connectivity index (χ0) is 10.7. The summed E-state index contributed by atoms with van der Waals surface area (Å²) < 4.78 is 0. The third-order valence-corrected chi connectivity index (χ3v) is 2.26. The highest BCUT2D eigenvalue weighted by atomic mass is 16.7. The molecule has 78 valence electrons. The summed E-state index contributed by atoms with van der Waals surface area (Å²) in [7, 11) is 0. The van der Waals surface area contributed by atoms with E-state index in [2.05, 4.69) is 5.16 Å². The lowest BCUT2D eigenvalue weighted by Crippen LogP contribution is -2.20. The average molecular weight is 205 g/mol. The Balaban J connectivity index is 1.96. The highest BCUT2D eigenvalue weighted by Crippen LogP contribution is 2.14.